The molecule has 5 nitrogen and oxygen atoms in total. The molecule has 0 unspecified atom stereocenters. The molecule has 1 aromatic heterocycles. The number of nitrogens with one attached hydrogen (secondary N) is 1. The Morgan fingerprint density at radius 1 is 1.11 bits per heavy atom. The van der Waals surface area contributed by atoms with Crippen LogP contribution >= 0.6 is 11.6 Å². The Labute approximate surface area is 162 Å². The number of hydrogen-bond acceptors (Lipinski definition) is 3. The van der Waals surface area contributed by atoms with Gasteiger partial charge in [0, 0.05) is 29.4 Å². The molecule has 0 saturated heterocycles. The summed E-state index contributed by atoms with van der Waals surface area (Å²) in [6.45, 7) is 0.539. The van der Waals surface area contributed by atoms with E-state index in [-0.39, 0.29) is 23.6 Å². The smallest absolute Gasteiger partial charge is 0.251 e. The Kier molecular flexibility index (Phi) is 5.94. The van der Waals surface area contributed by atoms with Crippen molar-refractivity contribution in [3.05, 3.63) is 98.9 Å². The summed E-state index contributed by atoms with van der Waals surface area (Å²) < 4.78 is 7.40. The fourth-order valence-corrected chi connectivity index (χ4v) is 2.76. The predicted molar refractivity (Wildman–Crippen MR) is 105 cm³/mol. The van der Waals surface area contributed by atoms with Gasteiger partial charge in [0.1, 0.15) is 6.61 Å². The first kappa shape index (κ1) is 18.7. The maximum atomic E-state index is 12.3. The number of benzene rings is 2. The molecule has 0 aliphatic heterocycles. The van der Waals surface area contributed by atoms with Crippen molar-refractivity contribution in [2.45, 2.75) is 13.2 Å². The Morgan fingerprint density at radius 2 is 1.89 bits per heavy atom. The number of aromatic nitrogens is 1. The minimum absolute atomic E-state index is 0.218. The van der Waals surface area contributed by atoms with Crippen molar-refractivity contribution >= 4 is 17.5 Å². The molecule has 138 valence electrons. The zero-order valence-electron chi connectivity index (χ0n) is 14.8. The van der Waals surface area contributed by atoms with Crippen LogP contribution in [0.1, 0.15) is 21.6 Å². The summed E-state index contributed by atoms with van der Waals surface area (Å²) in [6.07, 6.45) is 1.63. The van der Waals surface area contributed by atoms with Crippen molar-refractivity contribution in [1.29, 1.82) is 0 Å². The van der Waals surface area contributed by atoms with Gasteiger partial charge in [0.2, 0.25) is 5.43 Å². The highest BCUT2D eigenvalue weighted by Gasteiger charge is 2.09. The van der Waals surface area contributed by atoms with Gasteiger partial charge in [0.05, 0.1) is 12.7 Å². The molecule has 0 bridgehead atoms. The van der Waals surface area contributed by atoms with E-state index in [1.54, 1.807) is 42.1 Å². The number of amides is 1. The maximum absolute atomic E-state index is 12.3. The summed E-state index contributed by atoms with van der Waals surface area (Å²) in [4.78, 5) is 24.5. The minimum atomic E-state index is -0.255. The lowest BCUT2D eigenvalue weighted by molar-refractivity contribution is 0.0950. The van der Waals surface area contributed by atoms with Crippen LogP contribution in [0, 0.1) is 0 Å². The second-order valence-corrected chi connectivity index (χ2v) is 6.51. The molecule has 0 saturated carbocycles. The first-order valence-electron chi connectivity index (χ1n) is 8.43. The number of hydrogen-bond donors (Lipinski definition) is 1. The Bertz CT molecular complexity index is 1000. The minimum Gasteiger partial charge on any atom is -0.483 e. The molecule has 3 rings (SSSR count). The van der Waals surface area contributed by atoms with Gasteiger partial charge in [-0.25, -0.2) is 0 Å². The van der Waals surface area contributed by atoms with Crippen LogP contribution in [0.25, 0.3) is 0 Å². The lowest BCUT2D eigenvalue weighted by Gasteiger charge is -2.13. The molecular weight excluding hydrogens is 364 g/mol. The number of nitrogens with zero attached hydrogens (tertiary/aromatic N) is 1. The van der Waals surface area contributed by atoms with E-state index in [0.717, 1.165) is 5.56 Å². The Hall–Kier alpha value is -3.05. The Morgan fingerprint density at radius 3 is 2.63 bits per heavy atom. The van der Waals surface area contributed by atoms with Crippen LogP contribution in [-0.4, -0.2) is 10.5 Å². The second-order valence-electron chi connectivity index (χ2n) is 6.07. The van der Waals surface area contributed by atoms with Gasteiger partial charge in [0.15, 0.2) is 5.75 Å². The number of aryl methyl sites for hydroxylation is 1. The van der Waals surface area contributed by atoms with Crippen LogP contribution in [0.2, 0.25) is 5.02 Å². The molecule has 0 aliphatic rings. The summed E-state index contributed by atoms with van der Waals surface area (Å²) in [5.41, 5.74) is 1.89. The van der Waals surface area contributed by atoms with Gasteiger partial charge >= 0.3 is 0 Å². The molecule has 1 heterocycles. The number of halogens is 1. The van der Waals surface area contributed by atoms with Crippen LogP contribution in [0.15, 0.2) is 71.7 Å². The third kappa shape index (κ3) is 4.99. The molecule has 0 fully saturated rings. The average molecular weight is 383 g/mol. The highest BCUT2D eigenvalue weighted by Crippen LogP contribution is 2.12. The van der Waals surface area contributed by atoms with Crippen LogP contribution in [0.5, 0.6) is 5.75 Å². The van der Waals surface area contributed by atoms with E-state index in [2.05, 4.69) is 5.32 Å². The standard InChI is InChI=1S/C21H19ClN2O3/c1-24-13-20(27-14-15-6-3-2-4-7-15)19(25)11-18(24)12-23-21(26)16-8-5-9-17(22)10-16/h2-11,13H,12,14H2,1H3,(H,23,26). The molecule has 0 radical (unpaired) electrons. The van der Waals surface area contributed by atoms with Crippen molar-refractivity contribution in [1.82, 2.24) is 9.88 Å². The quantitative estimate of drug-likeness (QED) is 0.709. The van der Waals surface area contributed by atoms with E-state index >= 15 is 0 Å². The number of rotatable bonds is 6. The molecule has 2 aromatic carbocycles. The second kappa shape index (κ2) is 8.56. The number of pyridine rings is 1. The molecule has 0 atom stereocenters. The van der Waals surface area contributed by atoms with Crippen molar-refractivity contribution in [2.75, 3.05) is 0 Å². The fraction of sp³-hybridized carbons (Fsp3) is 0.143. The van der Waals surface area contributed by atoms with Gasteiger partial charge in [-0.2, -0.15) is 0 Å². The molecule has 1 N–H and O–H groups in total. The van der Waals surface area contributed by atoms with Crippen LogP contribution in [0.4, 0.5) is 0 Å². The van der Waals surface area contributed by atoms with E-state index in [9.17, 15) is 9.59 Å². The first-order valence-corrected chi connectivity index (χ1v) is 8.81. The third-order valence-corrected chi connectivity index (χ3v) is 4.29. The largest absolute Gasteiger partial charge is 0.483 e. The Balaban J connectivity index is 1.66. The van der Waals surface area contributed by atoms with Crippen LogP contribution in [-0.2, 0) is 20.2 Å². The van der Waals surface area contributed by atoms with Gasteiger partial charge in [-0.3, -0.25) is 9.59 Å². The zero-order chi connectivity index (χ0) is 19.2. The van der Waals surface area contributed by atoms with Crippen molar-refractivity contribution in [3.63, 3.8) is 0 Å². The topological polar surface area (TPSA) is 60.3 Å². The van der Waals surface area contributed by atoms with Gasteiger partial charge in [-0.15, -0.1) is 0 Å². The normalized spacial score (nSPS) is 10.4. The molecule has 6 heteroatoms. The summed E-state index contributed by atoms with van der Waals surface area (Å²) >= 11 is 5.90. The lowest BCUT2D eigenvalue weighted by atomic mass is 10.2. The van der Waals surface area contributed by atoms with Gasteiger partial charge in [-0.05, 0) is 23.8 Å². The number of ether oxygens (including phenoxy) is 1. The van der Waals surface area contributed by atoms with E-state index in [1.807, 2.05) is 30.3 Å². The highest BCUT2D eigenvalue weighted by atomic mass is 35.5. The number of carbonyl (C=O) groups excluding carboxylic acids is 1. The maximum Gasteiger partial charge on any atom is 0.251 e. The molecule has 1 amide bonds. The van der Waals surface area contributed by atoms with Crippen LogP contribution in [0.3, 0.4) is 0 Å². The number of carbonyl (C=O) groups is 1. The monoisotopic (exact) mass is 382 g/mol. The van der Waals surface area contributed by atoms with Gasteiger partial charge in [0.25, 0.3) is 5.91 Å². The highest BCUT2D eigenvalue weighted by molar-refractivity contribution is 6.30. The van der Waals surface area contributed by atoms with Gasteiger partial charge < -0.3 is 14.6 Å². The van der Waals surface area contributed by atoms with Crippen LogP contribution < -0.4 is 15.5 Å². The van der Waals surface area contributed by atoms with E-state index < -0.39 is 0 Å². The van der Waals surface area contributed by atoms with E-state index in [4.69, 9.17) is 16.3 Å². The fourth-order valence-electron chi connectivity index (χ4n) is 2.57. The van der Waals surface area contributed by atoms with E-state index in [0.29, 0.717) is 22.9 Å². The molecule has 0 spiro atoms. The van der Waals surface area contributed by atoms with E-state index in [1.165, 1.54) is 6.07 Å². The van der Waals surface area contributed by atoms with Gasteiger partial charge in [-0.1, -0.05) is 48.0 Å². The zero-order valence-corrected chi connectivity index (χ0v) is 15.6. The predicted octanol–water partition coefficient (Wildman–Crippen LogP) is 3.55. The molecule has 27 heavy (non-hydrogen) atoms. The summed E-state index contributed by atoms with van der Waals surface area (Å²) in [7, 11) is 1.80. The summed E-state index contributed by atoms with van der Waals surface area (Å²) in [6, 6.07) is 17.8. The SMILES string of the molecule is Cn1cc(OCc2ccccc2)c(=O)cc1CNC(=O)c1cccc(Cl)c1. The van der Waals surface area contributed by atoms with Crippen molar-refractivity contribution in [2.24, 2.45) is 7.05 Å². The lowest BCUT2D eigenvalue weighted by Crippen LogP contribution is -2.25. The average Bonchev–Trinajstić information content (AvgIpc) is 2.67. The molecule has 3 aromatic rings. The van der Waals surface area contributed by atoms with Crippen molar-refractivity contribution < 1.29 is 9.53 Å². The van der Waals surface area contributed by atoms with Crippen molar-refractivity contribution in [3.8, 4) is 5.75 Å². The molecule has 0 aliphatic carbocycles. The summed E-state index contributed by atoms with van der Waals surface area (Å²) in [5.74, 6) is 0.0145. The summed E-state index contributed by atoms with van der Waals surface area (Å²) in [5, 5.41) is 3.29. The molecular formula is C21H19ClN2O3. The first-order chi connectivity index (χ1) is 13.0. The third-order valence-electron chi connectivity index (χ3n) is 4.06.